The average Bonchev–Trinajstić information content (AvgIpc) is 2.97. The van der Waals surface area contributed by atoms with Crippen LogP contribution in [0.25, 0.3) is 0 Å². The Labute approximate surface area is 148 Å². The number of pyridine rings is 1. The van der Waals surface area contributed by atoms with Crippen molar-refractivity contribution in [1.29, 1.82) is 0 Å². The minimum Gasteiger partial charge on any atom is -0.477 e. The lowest BCUT2D eigenvalue weighted by Gasteiger charge is -2.16. The van der Waals surface area contributed by atoms with Crippen molar-refractivity contribution in [3.05, 3.63) is 58.3 Å². The molecule has 1 aliphatic rings. The number of aromatic nitrogens is 1. The predicted octanol–water partition coefficient (Wildman–Crippen LogP) is 4.77. The summed E-state index contributed by atoms with van der Waals surface area (Å²) in [6, 6.07) is 3.50. The topological polar surface area (TPSA) is 42.4 Å². The van der Waals surface area contributed by atoms with E-state index in [9.17, 15) is 4.79 Å². The predicted molar refractivity (Wildman–Crippen MR) is 99.9 cm³/mol. The molecule has 0 bridgehead atoms. The van der Waals surface area contributed by atoms with Gasteiger partial charge in [0, 0.05) is 29.9 Å². The Morgan fingerprint density at radius 1 is 1.46 bits per heavy atom. The lowest BCUT2D eigenvalue weighted by atomic mass is 10.2. The van der Waals surface area contributed by atoms with E-state index in [1.165, 1.54) is 0 Å². The van der Waals surface area contributed by atoms with Crippen molar-refractivity contribution in [1.82, 2.24) is 9.88 Å². The number of carbonyl (C=O) groups is 1. The summed E-state index contributed by atoms with van der Waals surface area (Å²) in [4.78, 5) is 20.1. The number of nitrogens with zero attached hydrogens (tertiary/aromatic N) is 2. The first-order valence-corrected chi connectivity index (χ1v) is 9.04. The van der Waals surface area contributed by atoms with Crippen molar-refractivity contribution in [2.24, 2.45) is 0 Å². The second-order valence-electron chi connectivity index (χ2n) is 5.56. The summed E-state index contributed by atoms with van der Waals surface area (Å²) < 4.78 is 5.46. The third-order valence-electron chi connectivity index (χ3n) is 3.52. The number of allylic oxidation sites excluding steroid dienone is 2. The first-order chi connectivity index (χ1) is 11.6. The van der Waals surface area contributed by atoms with Crippen LogP contribution in [-0.4, -0.2) is 28.8 Å². The first kappa shape index (κ1) is 18.3. The van der Waals surface area contributed by atoms with Crippen LogP contribution in [0.3, 0.4) is 0 Å². The molecule has 0 radical (unpaired) electrons. The molecular weight excluding hydrogens is 320 g/mol. The molecule has 2 heterocycles. The molecule has 0 fully saturated rings. The van der Waals surface area contributed by atoms with Crippen LogP contribution in [0.15, 0.2) is 52.7 Å². The summed E-state index contributed by atoms with van der Waals surface area (Å²) in [7, 11) is 0. The van der Waals surface area contributed by atoms with Crippen molar-refractivity contribution in [3.8, 4) is 5.88 Å². The van der Waals surface area contributed by atoms with Crippen molar-refractivity contribution in [3.63, 3.8) is 0 Å². The molecule has 0 atom stereocenters. The molecule has 0 spiro atoms. The highest BCUT2D eigenvalue weighted by Crippen LogP contribution is 2.39. The van der Waals surface area contributed by atoms with E-state index in [2.05, 4.69) is 29.6 Å². The van der Waals surface area contributed by atoms with Gasteiger partial charge in [-0.15, -0.1) is 0 Å². The average molecular weight is 344 g/mol. The number of unbranched alkanes of at least 4 members (excludes halogenated alkanes) is 1. The van der Waals surface area contributed by atoms with Gasteiger partial charge in [-0.25, -0.2) is 4.98 Å². The van der Waals surface area contributed by atoms with E-state index in [1.807, 2.05) is 13.8 Å². The maximum atomic E-state index is 12.7. The van der Waals surface area contributed by atoms with Gasteiger partial charge in [0.15, 0.2) is 5.78 Å². The Kier molecular flexibility index (Phi) is 6.67. The SMILES string of the molecule is C=C(C)C1=CN(CCCC)C(=CC(=O)c2cccnc2OCC)S1. The molecule has 0 N–H and O–H groups in total. The second kappa shape index (κ2) is 8.73. The van der Waals surface area contributed by atoms with Gasteiger partial charge in [-0.1, -0.05) is 31.7 Å². The Morgan fingerprint density at radius 3 is 2.92 bits per heavy atom. The molecule has 0 aliphatic carbocycles. The quantitative estimate of drug-likeness (QED) is 0.502. The number of rotatable bonds is 8. The molecule has 0 saturated heterocycles. The molecule has 5 heteroatoms. The summed E-state index contributed by atoms with van der Waals surface area (Å²) in [5, 5.41) is 0.928. The first-order valence-electron chi connectivity index (χ1n) is 8.22. The fourth-order valence-electron chi connectivity index (χ4n) is 2.24. The maximum absolute atomic E-state index is 12.7. The van der Waals surface area contributed by atoms with Gasteiger partial charge in [0.05, 0.1) is 17.2 Å². The third-order valence-corrected chi connectivity index (χ3v) is 4.75. The third kappa shape index (κ3) is 4.51. The van der Waals surface area contributed by atoms with Gasteiger partial charge in [0.2, 0.25) is 5.88 Å². The Morgan fingerprint density at radius 2 is 2.25 bits per heavy atom. The fourth-order valence-corrected chi connectivity index (χ4v) is 3.24. The molecule has 128 valence electrons. The van der Waals surface area contributed by atoms with E-state index in [4.69, 9.17) is 4.74 Å². The van der Waals surface area contributed by atoms with Crippen LogP contribution in [0.2, 0.25) is 0 Å². The molecular formula is C19H24N2O2S. The molecule has 1 aliphatic heterocycles. The Hall–Kier alpha value is -2.01. The van der Waals surface area contributed by atoms with E-state index in [0.29, 0.717) is 18.1 Å². The fraction of sp³-hybridized carbons (Fsp3) is 0.368. The lowest BCUT2D eigenvalue weighted by Crippen LogP contribution is -2.14. The van der Waals surface area contributed by atoms with Gasteiger partial charge in [-0.05, 0) is 38.0 Å². The molecule has 0 saturated carbocycles. The molecule has 1 aromatic heterocycles. The maximum Gasteiger partial charge on any atom is 0.224 e. The molecule has 0 aromatic carbocycles. The zero-order valence-corrected chi connectivity index (χ0v) is 15.4. The number of ketones is 1. The van der Waals surface area contributed by atoms with E-state index in [-0.39, 0.29) is 5.78 Å². The molecule has 1 aromatic rings. The van der Waals surface area contributed by atoms with Crippen LogP contribution >= 0.6 is 11.8 Å². The van der Waals surface area contributed by atoms with Crippen molar-refractivity contribution >= 4 is 17.5 Å². The summed E-state index contributed by atoms with van der Waals surface area (Å²) in [6.45, 7) is 11.4. The lowest BCUT2D eigenvalue weighted by molar-refractivity contribution is 0.104. The zero-order valence-electron chi connectivity index (χ0n) is 14.5. The van der Waals surface area contributed by atoms with Gasteiger partial charge in [-0.3, -0.25) is 4.79 Å². The largest absolute Gasteiger partial charge is 0.477 e. The van der Waals surface area contributed by atoms with E-state index in [0.717, 1.165) is 34.9 Å². The van der Waals surface area contributed by atoms with Crippen molar-refractivity contribution in [2.45, 2.75) is 33.6 Å². The van der Waals surface area contributed by atoms with Crippen molar-refractivity contribution in [2.75, 3.05) is 13.2 Å². The highest BCUT2D eigenvalue weighted by atomic mass is 32.2. The van der Waals surface area contributed by atoms with E-state index >= 15 is 0 Å². The van der Waals surface area contributed by atoms with Crippen LogP contribution in [0.5, 0.6) is 5.88 Å². The van der Waals surface area contributed by atoms with Gasteiger partial charge in [-0.2, -0.15) is 0 Å². The summed E-state index contributed by atoms with van der Waals surface area (Å²) in [6.07, 6.45) is 7.56. The van der Waals surface area contributed by atoms with Gasteiger partial charge >= 0.3 is 0 Å². The van der Waals surface area contributed by atoms with Gasteiger partial charge < -0.3 is 9.64 Å². The smallest absolute Gasteiger partial charge is 0.224 e. The number of hydrogen-bond acceptors (Lipinski definition) is 5. The molecule has 0 unspecified atom stereocenters. The van der Waals surface area contributed by atoms with Gasteiger partial charge in [0.25, 0.3) is 0 Å². The monoisotopic (exact) mass is 344 g/mol. The second-order valence-corrected chi connectivity index (χ2v) is 6.62. The summed E-state index contributed by atoms with van der Waals surface area (Å²) >= 11 is 1.59. The zero-order chi connectivity index (χ0) is 17.5. The highest BCUT2D eigenvalue weighted by Gasteiger charge is 2.22. The van der Waals surface area contributed by atoms with Crippen LogP contribution in [0.1, 0.15) is 44.0 Å². The van der Waals surface area contributed by atoms with Crippen LogP contribution in [0.4, 0.5) is 0 Å². The summed E-state index contributed by atoms with van der Waals surface area (Å²) in [5.74, 6) is 0.296. The van der Waals surface area contributed by atoms with Crippen LogP contribution in [-0.2, 0) is 0 Å². The molecule has 24 heavy (non-hydrogen) atoms. The van der Waals surface area contributed by atoms with Crippen LogP contribution in [0, 0.1) is 0 Å². The summed E-state index contributed by atoms with van der Waals surface area (Å²) in [5.41, 5.74) is 1.50. The van der Waals surface area contributed by atoms with Gasteiger partial charge in [0.1, 0.15) is 0 Å². The minimum absolute atomic E-state index is 0.0908. The van der Waals surface area contributed by atoms with E-state index < -0.39 is 0 Å². The highest BCUT2D eigenvalue weighted by molar-refractivity contribution is 8.07. The molecule has 0 amide bonds. The number of ether oxygens (including phenoxy) is 1. The Balaban J connectivity index is 2.25. The normalized spacial score (nSPS) is 15.5. The number of hydrogen-bond donors (Lipinski definition) is 0. The van der Waals surface area contributed by atoms with E-state index in [1.54, 1.807) is 36.2 Å². The van der Waals surface area contributed by atoms with Crippen LogP contribution < -0.4 is 4.74 Å². The Bertz CT molecular complexity index is 680. The minimum atomic E-state index is -0.0908. The molecule has 4 nitrogen and oxygen atoms in total. The number of carbonyl (C=O) groups excluding carboxylic acids is 1. The molecule has 2 rings (SSSR count). The number of thioether (sulfide) groups is 1. The van der Waals surface area contributed by atoms with Crippen molar-refractivity contribution < 1.29 is 9.53 Å². The standard InChI is InChI=1S/C19H24N2O2S/c1-5-7-11-21-13-17(14(3)4)24-18(21)12-16(22)15-9-8-10-20-19(15)23-6-2/h8-10,12-13H,3,5-7,11H2,1-2,4H3.